The zero-order valence-electron chi connectivity index (χ0n) is 12.9. The monoisotopic (exact) mass is 289 g/mol. The zero-order valence-corrected chi connectivity index (χ0v) is 12.9. The first-order valence-corrected chi connectivity index (χ1v) is 8.73. The van der Waals surface area contributed by atoms with Crippen LogP contribution in [0.25, 0.3) is 0 Å². The highest BCUT2D eigenvalue weighted by Gasteiger charge is 2.28. The fourth-order valence-electron chi connectivity index (χ4n) is 3.90. The number of ether oxygens (including phenoxy) is 1. The average Bonchev–Trinajstić information content (AvgIpc) is 3.01. The largest absolute Gasteiger partial charge is 0.380 e. The summed E-state index contributed by atoms with van der Waals surface area (Å²) >= 11 is 0. The predicted molar refractivity (Wildman–Crippen MR) is 82.2 cm³/mol. The van der Waals surface area contributed by atoms with E-state index >= 15 is 0 Å². The normalized spacial score (nSPS) is 26.2. The van der Waals surface area contributed by atoms with Gasteiger partial charge in [-0.1, -0.05) is 12.8 Å². The number of nitrogens with one attached hydrogen (secondary N) is 1. The molecule has 1 unspecified atom stereocenters. The molecule has 0 bridgehead atoms. The van der Waals surface area contributed by atoms with Crippen molar-refractivity contribution in [3.05, 3.63) is 17.5 Å². The van der Waals surface area contributed by atoms with E-state index in [9.17, 15) is 0 Å². The number of nitrogens with zero attached hydrogens (tertiary/aromatic N) is 2. The summed E-state index contributed by atoms with van der Waals surface area (Å²) in [5.41, 5.74) is 2.84. The molecule has 2 aliphatic carbocycles. The molecular formula is C17H27N3O. The molecule has 0 amide bonds. The maximum atomic E-state index is 5.97. The summed E-state index contributed by atoms with van der Waals surface area (Å²) in [6.07, 6.45) is 10.4. The lowest BCUT2D eigenvalue weighted by molar-refractivity contribution is 0.106. The first-order chi connectivity index (χ1) is 10.4. The number of rotatable bonds is 6. The molecule has 0 saturated heterocycles. The van der Waals surface area contributed by atoms with Crippen LogP contribution in [0.3, 0.4) is 0 Å². The minimum atomic E-state index is 0.483. The molecule has 0 aromatic carbocycles. The van der Waals surface area contributed by atoms with Gasteiger partial charge in [-0.15, -0.1) is 0 Å². The molecule has 1 atom stereocenters. The van der Waals surface area contributed by atoms with Crippen LogP contribution in [0, 0.1) is 11.8 Å². The summed E-state index contributed by atoms with van der Waals surface area (Å²) < 4.78 is 8.27. The first kappa shape index (κ1) is 13.8. The molecule has 0 radical (unpaired) electrons. The van der Waals surface area contributed by atoms with Crippen molar-refractivity contribution >= 4 is 0 Å². The molecule has 0 spiro atoms. The second kappa shape index (κ2) is 6.09. The lowest BCUT2D eigenvalue weighted by Gasteiger charge is -2.26. The zero-order chi connectivity index (χ0) is 14.1. The van der Waals surface area contributed by atoms with Crippen LogP contribution in [-0.2, 0) is 17.8 Å². The lowest BCUT2D eigenvalue weighted by Crippen LogP contribution is -2.32. The van der Waals surface area contributed by atoms with E-state index in [1.54, 1.807) is 0 Å². The van der Waals surface area contributed by atoms with Crippen molar-refractivity contribution < 1.29 is 4.74 Å². The van der Waals surface area contributed by atoms with Gasteiger partial charge in [0.1, 0.15) is 0 Å². The maximum absolute atomic E-state index is 5.97. The molecule has 1 aromatic rings. The van der Waals surface area contributed by atoms with Gasteiger partial charge < -0.3 is 10.1 Å². The fourth-order valence-corrected chi connectivity index (χ4v) is 3.90. The van der Waals surface area contributed by atoms with Gasteiger partial charge in [0.25, 0.3) is 0 Å². The van der Waals surface area contributed by atoms with Crippen LogP contribution in [-0.4, -0.2) is 29.5 Å². The smallest absolute Gasteiger partial charge is 0.0562 e. The Bertz CT molecular complexity index is 474. The van der Waals surface area contributed by atoms with Crippen LogP contribution in [0.1, 0.15) is 55.7 Å². The van der Waals surface area contributed by atoms with Gasteiger partial charge in [0.15, 0.2) is 0 Å². The van der Waals surface area contributed by atoms with E-state index in [0.29, 0.717) is 5.92 Å². The van der Waals surface area contributed by atoms with E-state index < -0.39 is 0 Å². The molecular weight excluding hydrogens is 262 g/mol. The van der Waals surface area contributed by atoms with Gasteiger partial charge in [0, 0.05) is 43.4 Å². The van der Waals surface area contributed by atoms with E-state index in [2.05, 4.69) is 21.3 Å². The van der Waals surface area contributed by atoms with E-state index in [4.69, 9.17) is 4.74 Å². The average molecular weight is 289 g/mol. The second-order valence-electron chi connectivity index (χ2n) is 7.20. The number of hydrogen-bond acceptors (Lipinski definition) is 3. The van der Waals surface area contributed by atoms with Gasteiger partial charge >= 0.3 is 0 Å². The second-order valence-corrected chi connectivity index (χ2v) is 7.20. The van der Waals surface area contributed by atoms with E-state index in [-0.39, 0.29) is 0 Å². The summed E-state index contributed by atoms with van der Waals surface area (Å²) in [6, 6.07) is 0. The van der Waals surface area contributed by atoms with Crippen molar-refractivity contribution in [2.45, 2.75) is 57.5 Å². The minimum Gasteiger partial charge on any atom is -0.380 e. The molecule has 4 rings (SSSR count). The van der Waals surface area contributed by atoms with Crippen LogP contribution >= 0.6 is 0 Å². The molecule has 2 saturated carbocycles. The van der Waals surface area contributed by atoms with Gasteiger partial charge in [0.05, 0.1) is 12.8 Å². The van der Waals surface area contributed by atoms with Gasteiger partial charge in [0.2, 0.25) is 0 Å². The van der Waals surface area contributed by atoms with E-state index in [0.717, 1.165) is 44.7 Å². The first-order valence-electron chi connectivity index (χ1n) is 8.73. The van der Waals surface area contributed by atoms with Crippen molar-refractivity contribution in [1.82, 2.24) is 15.1 Å². The highest BCUT2D eigenvalue weighted by molar-refractivity contribution is 5.25. The molecule has 21 heavy (non-hydrogen) atoms. The Labute approximate surface area is 127 Å². The minimum absolute atomic E-state index is 0.483. The van der Waals surface area contributed by atoms with Gasteiger partial charge in [-0.3, -0.25) is 4.68 Å². The Kier molecular flexibility index (Phi) is 3.99. The van der Waals surface area contributed by atoms with E-state index in [1.165, 1.54) is 49.8 Å². The van der Waals surface area contributed by atoms with Crippen LogP contribution in [0.15, 0.2) is 6.20 Å². The molecule has 4 heteroatoms. The molecule has 4 nitrogen and oxygen atoms in total. The summed E-state index contributed by atoms with van der Waals surface area (Å²) in [7, 11) is 0. The summed E-state index contributed by atoms with van der Waals surface area (Å²) in [5.74, 6) is 2.18. The lowest BCUT2D eigenvalue weighted by atomic mass is 9.98. The Morgan fingerprint density at radius 3 is 2.81 bits per heavy atom. The molecule has 2 fully saturated rings. The number of hydrogen-bond donors (Lipinski definition) is 1. The van der Waals surface area contributed by atoms with Crippen LogP contribution in [0.4, 0.5) is 0 Å². The molecule has 1 aliphatic heterocycles. The topological polar surface area (TPSA) is 39.1 Å². The molecule has 116 valence electrons. The summed E-state index contributed by atoms with van der Waals surface area (Å²) in [4.78, 5) is 0. The van der Waals surface area contributed by atoms with Gasteiger partial charge in [-0.2, -0.15) is 5.10 Å². The van der Waals surface area contributed by atoms with Crippen molar-refractivity contribution in [1.29, 1.82) is 0 Å². The fraction of sp³-hybridized carbons (Fsp3) is 0.824. The Hall–Kier alpha value is -0.870. The van der Waals surface area contributed by atoms with Gasteiger partial charge in [-0.05, 0) is 37.5 Å². The Morgan fingerprint density at radius 2 is 2.00 bits per heavy atom. The van der Waals surface area contributed by atoms with E-state index in [1.807, 2.05) is 0 Å². The van der Waals surface area contributed by atoms with Crippen molar-refractivity contribution in [2.24, 2.45) is 11.8 Å². The highest BCUT2D eigenvalue weighted by Crippen LogP contribution is 2.31. The Balaban J connectivity index is 1.43. The highest BCUT2D eigenvalue weighted by atomic mass is 16.5. The van der Waals surface area contributed by atoms with Crippen molar-refractivity contribution in [3.8, 4) is 0 Å². The molecule has 1 N–H and O–H groups in total. The van der Waals surface area contributed by atoms with Crippen LogP contribution in [0.2, 0.25) is 0 Å². The molecule has 3 aliphatic rings. The molecule has 2 heterocycles. The third-order valence-electron chi connectivity index (χ3n) is 5.33. The standard InChI is InChI=1S/C17H27N3O/c1-2-4-13(3-1)10-20-17-15(9-19-20)7-18-8-16(17)12-21-11-14-5-6-14/h9,13-14,16,18H,1-8,10-12H2. The van der Waals surface area contributed by atoms with Crippen LogP contribution < -0.4 is 5.32 Å². The summed E-state index contributed by atoms with van der Waals surface area (Å²) in [6.45, 7) is 4.94. The SMILES string of the molecule is c1nn(CC2CCCC2)c2c1CNCC2COCC1CC1. The van der Waals surface area contributed by atoms with Crippen LogP contribution in [0.5, 0.6) is 0 Å². The maximum Gasteiger partial charge on any atom is 0.0562 e. The number of fused-ring (bicyclic) bond motifs is 1. The summed E-state index contributed by atoms with van der Waals surface area (Å²) in [5, 5.41) is 8.21. The number of aromatic nitrogens is 2. The van der Waals surface area contributed by atoms with Crippen molar-refractivity contribution in [2.75, 3.05) is 19.8 Å². The third kappa shape index (κ3) is 3.16. The quantitative estimate of drug-likeness (QED) is 0.875. The third-order valence-corrected chi connectivity index (χ3v) is 5.33. The predicted octanol–water partition coefficient (Wildman–Crippen LogP) is 2.69. The van der Waals surface area contributed by atoms with Gasteiger partial charge in [-0.25, -0.2) is 0 Å². The van der Waals surface area contributed by atoms with Crippen molar-refractivity contribution in [3.63, 3.8) is 0 Å². The molecule has 1 aromatic heterocycles. The Morgan fingerprint density at radius 1 is 1.14 bits per heavy atom.